The molecule has 1 atom stereocenters. The molecule has 0 bridgehead atoms. The van der Waals surface area contributed by atoms with Crippen LogP contribution in [0.5, 0.6) is 5.75 Å². The zero-order chi connectivity index (χ0) is 18.8. The van der Waals surface area contributed by atoms with Crippen LogP contribution in [0.15, 0.2) is 62.7 Å². The van der Waals surface area contributed by atoms with Crippen molar-refractivity contribution in [3.63, 3.8) is 0 Å². The van der Waals surface area contributed by atoms with Gasteiger partial charge in [-0.2, -0.15) is 11.3 Å². The quantitative estimate of drug-likeness (QED) is 0.640. The van der Waals surface area contributed by atoms with Gasteiger partial charge in [0.15, 0.2) is 5.60 Å². The molecule has 0 fully saturated rings. The Kier molecular flexibility index (Phi) is 5.15. The fraction of sp³-hybridized carbons (Fsp3) is 0.176. The highest BCUT2D eigenvalue weighted by molar-refractivity contribution is 7.89. The molecule has 2 heterocycles. The van der Waals surface area contributed by atoms with Crippen LogP contribution in [0.25, 0.3) is 0 Å². The number of nitrogens with one attached hydrogen (secondary N) is 1. The molecule has 9 heteroatoms. The van der Waals surface area contributed by atoms with Crippen LogP contribution in [0.2, 0.25) is 0 Å². The first-order valence-corrected chi connectivity index (χ1v) is 9.91. The van der Waals surface area contributed by atoms with Gasteiger partial charge in [-0.1, -0.05) is 0 Å². The molecule has 138 valence electrons. The van der Waals surface area contributed by atoms with Crippen LogP contribution >= 0.6 is 11.3 Å². The van der Waals surface area contributed by atoms with Gasteiger partial charge in [-0.05, 0) is 47.2 Å². The standard InChI is InChI=1S/C17H16FNO5S2/c1-23-14-5-4-13(18)9-15(14)26(21,22)19-11-17(20,12-6-8-25-10-12)16-3-2-7-24-16/h2-10,19-20H,11H2,1H3. The van der Waals surface area contributed by atoms with Crippen LogP contribution < -0.4 is 9.46 Å². The van der Waals surface area contributed by atoms with Crippen molar-refractivity contribution in [2.75, 3.05) is 13.7 Å². The molecule has 0 aliphatic heterocycles. The Bertz CT molecular complexity index is 935. The molecule has 1 aromatic carbocycles. The van der Waals surface area contributed by atoms with Crippen LogP contribution in [-0.4, -0.2) is 27.2 Å². The minimum atomic E-state index is -4.15. The summed E-state index contributed by atoms with van der Waals surface area (Å²) in [5, 5.41) is 14.6. The van der Waals surface area contributed by atoms with Gasteiger partial charge in [-0.3, -0.25) is 0 Å². The van der Waals surface area contributed by atoms with Crippen molar-refractivity contribution in [1.29, 1.82) is 0 Å². The summed E-state index contributed by atoms with van der Waals surface area (Å²) < 4.78 is 51.4. The number of rotatable bonds is 7. The van der Waals surface area contributed by atoms with Gasteiger partial charge in [0.05, 0.1) is 19.9 Å². The van der Waals surface area contributed by atoms with Crippen molar-refractivity contribution in [3.05, 3.63) is 70.6 Å². The SMILES string of the molecule is COc1ccc(F)cc1S(=O)(=O)NCC(O)(c1ccsc1)c1ccco1. The molecule has 6 nitrogen and oxygen atoms in total. The number of thiophene rings is 1. The Balaban J connectivity index is 1.94. The fourth-order valence-corrected chi connectivity index (χ4v) is 4.45. The van der Waals surface area contributed by atoms with Gasteiger partial charge >= 0.3 is 0 Å². The topological polar surface area (TPSA) is 88.8 Å². The van der Waals surface area contributed by atoms with Crippen LogP contribution in [0.3, 0.4) is 0 Å². The lowest BCUT2D eigenvalue weighted by Gasteiger charge is -2.25. The predicted octanol–water partition coefficient (Wildman–Crippen LogP) is 2.70. The van der Waals surface area contributed by atoms with E-state index < -0.39 is 28.0 Å². The summed E-state index contributed by atoms with van der Waals surface area (Å²) in [6.45, 7) is -0.404. The molecule has 2 aromatic heterocycles. The highest BCUT2D eigenvalue weighted by Gasteiger charge is 2.37. The Morgan fingerprint density at radius 2 is 2.15 bits per heavy atom. The van der Waals surface area contributed by atoms with Gasteiger partial charge < -0.3 is 14.3 Å². The average Bonchev–Trinajstić information content (AvgIpc) is 3.33. The number of hydrogen-bond donors (Lipinski definition) is 2. The third-order valence-electron chi connectivity index (χ3n) is 3.86. The molecule has 0 spiro atoms. The average molecular weight is 397 g/mol. The number of aliphatic hydroxyl groups is 1. The monoisotopic (exact) mass is 397 g/mol. The summed E-state index contributed by atoms with van der Waals surface area (Å²) in [7, 11) is -2.87. The first-order valence-electron chi connectivity index (χ1n) is 7.49. The molecule has 26 heavy (non-hydrogen) atoms. The maximum Gasteiger partial charge on any atom is 0.244 e. The highest BCUT2D eigenvalue weighted by Crippen LogP contribution is 2.32. The van der Waals surface area contributed by atoms with E-state index in [4.69, 9.17) is 9.15 Å². The van der Waals surface area contributed by atoms with Gasteiger partial charge in [-0.15, -0.1) is 0 Å². The summed E-state index contributed by atoms with van der Waals surface area (Å²) in [5.41, 5.74) is -1.23. The lowest BCUT2D eigenvalue weighted by Crippen LogP contribution is -2.41. The lowest BCUT2D eigenvalue weighted by molar-refractivity contribution is 0.0623. The number of benzene rings is 1. The van der Waals surface area contributed by atoms with E-state index in [9.17, 15) is 17.9 Å². The third-order valence-corrected chi connectivity index (χ3v) is 5.97. The molecule has 0 saturated heterocycles. The van der Waals surface area contributed by atoms with E-state index >= 15 is 0 Å². The first kappa shape index (κ1) is 18.6. The van der Waals surface area contributed by atoms with E-state index in [-0.39, 0.29) is 16.4 Å². The summed E-state index contributed by atoms with van der Waals surface area (Å²) in [5.74, 6) is -0.536. The zero-order valence-electron chi connectivity index (χ0n) is 13.7. The molecule has 0 radical (unpaired) electrons. The molecular weight excluding hydrogens is 381 g/mol. The number of ether oxygens (including phenoxy) is 1. The largest absolute Gasteiger partial charge is 0.495 e. The van der Waals surface area contributed by atoms with Crippen molar-refractivity contribution in [2.24, 2.45) is 0 Å². The number of hydrogen-bond acceptors (Lipinski definition) is 6. The van der Waals surface area contributed by atoms with Gasteiger partial charge in [0.25, 0.3) is 0 Å². The Morgan fingerprint density at radius 3 is 2.77 bits per heavy atom. The second-order valence-corrected chi connectivity index (χ2v) is 7.98. The molecule has 0 aliphatic rings. The van der Waals surface area contributed by atoms with E-state index in [1.807, 2.05) is 0 Å². The summed E-state index contributed by atoms with van der Waals surface area (Å²) >= 11 is 1.35. The second kappa shape index (κ2) is 7.20. The van der Waals surface area contributed by atoms with Gasteiger partial charge in [0.2, 0.25) is 10.0 Å². The number of furan rings is 1. The van der Waals surface area contributed by atoms with E-state index in [1.165, 1.54) is 30.8 Å². The smallest absolute Gasteiger partial charge is 0.244 e. The van der Waals surface area contributed by atoms with Crippen molar-refractivity contribution >= 4 is 21.4 Å². The molecule has 0 aliphatic carbocycles. The van der Waals surface area contributed by atoms with Gasteiger partial charge in [0.1, 0.15) is 22.2 Å². The number of sulfonamides is 1. The summed E-state index contributed by atoms with van der Waals surface area (Å²) in [4.78, 5) is -0.355. The molecule has 3 rings (SSSR count). The van der Waals surface area contributed by atoms with Crippen LogP contribution in [0.4, 0.5) is 4.39 Å². The minimum absolute atomic E-state index is 0.00373. The van der Waals surface area contributed by atoms with Crippen molar-refractivity contribution in [1.82, 2.24) is 4.72 Å². The molecular formula is C17H16FNO5S2. The highest BCUT2D eigenvalue weighted by atomic mass is 32.2. The van der Waals surface area contributed by atoms with Gasteiger partial charge in [-0.25, -0.2) is 17.5 Å². The van der Waals surface area contributed by atoms with Crippen molar-refractivity contribution in [2.45, 2.75) is 10.5 Å². The van der Waals surface area contributed by atoms with Crippen molar-refractivity contribution < 1.29 is 27.1 Å². The molecule has 0 amide bonds. The van der Waals surface area contributed by atoms with E-state index in [2.05, 4.69) is 4.72 Å². The maximum atomic E-state index is 13.5. The fourth-order valence-electron chi connectivity index (χ4n) is 2.48. The van der Waals surface area contributed by atoms with Crippen LogP contribution in [-0.2, 0) is 15.6 Å². The second-order valence-electron chi connectivity index (χ2n) is 5.47. The zero-order valence-corrected chi connectivity index (χ0v) is 15.3. The van der Waals surface area contributed by atoms with Crippen molar-refractivity contribution in [3.8, 4) is 5.75 Å². The molecule has 0 saturated carbocycles. The Morgan fingerprint density at radius 1 is 1.35 bits per heavy atom. The molecule has 2 N–H and O–H groups in total. The van der Waals surface area contributed by atoms with Gasteiger partial charge in [0, 0.05) is 5.56 Å². The number of halogens is 1. The molecule has 3 aromatic rings. The van der Waals surface area contributed by atoms with E-state index in [0.29, 0.717) is 5.56 Å². The minimum Gasteiger partial charge on any atom is -0.495 e. The van der Waals surface area contributed by atoms with Crippen LogP contribution in [0, 0.1) is 5.82 Å². The Hall–Kier alpha value is -2.20. The lowest BCUT2D eigenvalue weighted by atomic mass is 9.94. The third kappa shape index (κ3) is 3.51. The summed E-state index contributed by atoms with van der Waals surface area (Å²) in [6, 6.07) is 8.00. The van der Waals surface area contributed by atoms with Crippen LogP contribution in [0.1, 0.15) is 11.3 Å². The van der Waals surface area contributed by atoms with E-state index in [1.54, 1.807) is 29.0 Å². The van der Waals surface area contributed by atoms with E-state index in [0.717, 1.165) is 12.1 Å². The predicted molar refractivity (Wildman–Crippen MR) is 94.2 cm³/mol. The Labute approximate surface area is 153 Å². The molecule has 1 unspecified atom stereocenters. The maximum absolute atomic E-state index is 13.5. The number of methoxy groups -OCH3 is 1. The first-order chi connectivity index (χ1) is 12.4. The summed E-state index contributed by atoms with van der Waals surface area (Å²) in [6.07, 6.45) is 1.39. The normalized spacial score (nSPS) is 14.1.